The van der Waals surface area contributed by atoms with Crippen LogP contribution in [-0.2, 0) is 27.4 Å². The summed E-state index contributed by atoms with van der Waals surface area (Å²) in [5.74, 6) is -1.94. The quantitative estimate of drug-likeness (QED) is 0.470. The molecule has 1 atom stereocenters. The van der Waals surface area contributed by atoms with Crippen LogP contribution in [0.5, 0.6) is 0 Å². The molecule has 1 aromatic heterocycles. The predicted octanol–water partition coefficient (Wildman–Crippen LogP) is 4.31. The molecule has 0 fully saturated rings. The van der Waals surface area contributed by atoms with Crippen LogP contribution in [0.3, 0.4) is 0 Å². The molecule has 0 bridgehead atoms. The molecule has 0 spiro atoms. The number of esters is 2. The van der Waals surface area contributed by atoms with E-state index >= 15 is 0 Å². The van der Waals surface area contributed by atoms with Crippen LogP contribution in [0, 0.1) is 0 Å². The molecular weight excluding hydrogens is 406 g/mol. The Morgan fingerprint density at radius 1 is 0.875 bits per heavy atom. The number of hydrogen-bond acceptors (Lipinski definition) is 5. The van der Waals surface area contributed by atoms with Crippen LogP contribution in [0.15, 0.2) is 77.7 Å². The smallest absolute Gasteiger partial charge is 0.344 e. The molecule has 0 saturated carbocycles. The van der Waals surface area contributed by atoms with Crippen LogP contribution in [0.25, 0.3) is 0 Å². The maximum Gasteiger partial charge on any atom is 0.344 e. The highest BCUT2D eigenvalue weighted by Gasteiger charge is 2.29. The van der Waals surface area contributed by atoms with E-state index in [0.29, 0.717) is 18.5 Å². The molecule has 166 valence electrons. The minimum Gasteiger partial charge on any atom is -0.466 e. The average Bonchev–Trinajstić information content (AvgIpc) is 2.81. The van der Waals surface area contributed by atoms with Crippen molar-refractivity contribution in [2.75, 3.05) is 6.61 Å². The Hall–Kier alpha value is -3.67. The Kier molecular flexibility index (Phi) is 7.97. The summed E-state index contributed by atoms with van der Waals surface area (Å²) in [6.07, 6.45) is 2.00. The van der Waals surface area contributed by atoms with E-state index in [1.165, 1.54) is 4.57 Å². The lowest BCUT2D eigenvalue weighted by Gasteiger charge is -2.18. The second-order valence-electron chi connectivity index (χ2n) is 7.34. The molecule has 32 heavy (non-hydrogen) atoms. The number of nitrogens with zero attached hydrogens (tertiary/aromatic N) is 1. The summed E-state index contributed by atoms with van der Waals surface area (Å²) in [5.41, 5.74) is 1.44. The summed E-state index contributed by atoms with van der Waals surface area (Å²) in [4.78, 5) is 39.0. The topological polar surface area (TPSA) is 74.6 Å². The van der Waals surface area contributed by atoms with E-state index in [1.54, 1.807) is 19.2 Å². The fourth-order valence-corrected chi connectivity index (χ4v) is 3.54. The van der Waals surface area contributed by atoms with Gasteiger partial charge in [-0.05, 0) is 36.1 Å². The summed E-state index contributed by atoms with van der Waals surface area (Å²) < 4.78 is 12.1. The van der Waals surface area contributed by atoms with Gasteiger partial charge in [-0.1, -0.05) is 67.6 Å². The second kappa shape index (κ2) is 11.1. The zero-order valence-corrected chi connectivity index (χ0v) is 18.3. The van der Waals surface area contributed by atoms with Crippen molar-refractivity contribution in [1.82, 2.24) is 4.57 Å². The van der Waals surface area contributed by atoms with Gasteiger partial charge in [-0.15, -0.1) is 0 Å². The summed E-state index contributed by atoms with van der Waals surface area (Å²) >= 11 is 0. The molecule has 0 N–H and O–H groups in total. The first-order chi connectivity index (χ1) is 15.5. The van der Waals surface area contributed by atoms with Crippen molar-refractivity contribution in [3.63, 3.8) is 0 Å². The van der Waals surface area contributed by atoms with Gasteiger partial charge >= 0.3 is 11.9 Å². The maximum atomic E-state index is 13.4. The first-order valence-electron chi connectivity index (χ1n) is 10.7. The molecule has 6 nitrogen and oxygen atoms in total. The van der Waals surface area contributed by atoms with Crippen molar-refractivity contribution < 1.29 is 19.1 Å². The van der Waals surface area contributed by atoms with Crippen molar-refractivity contribution in [1.29, 1.82) is 0 Å². The number of ether oxygens (including phenoxy) is 2. The van der Waals surface area contributed by atoms with Crippen LogP contribution < -0.4 is 5.56 Å². The lowest BCUT2D eigenvalue weighted by atomic mass is 9.93. The SMILES string of the molecule is CCOC(=O)C(CC)c1ccn(Cc2ccccc2)c(=O)c1C(=O)OCc1ccccc1. The Morgan fingerprint density at radius 3 is 2.09 bits per heavy atom. The zero-order valence-electron chi connectivity index (χ0n) is 18.3. The van der Waals surface area contributed by atoms with Gasteiger partial charge in [0, 0.05) is 6.20 Å². The fourth-order valence-electron chi connectivity index (χ4n) is 3.54. The van der Waals surface area contributed by atoms with E-state index in [0.717, 1.165) is 11.1 Å². The van der Waals surface area contributed by atoms with Gasteiger partial charge in [-0.3, -0.25) is 9.59 Å². The van der Waals surface area contributed by atoms with Crippen LogP contribution in [0.4, 0.5) is 0 Å². The summed E-state index contributed by atoms with van der Waals surface area (Å²) in [6.45, 7) is 4.08. The van der Waals surface area contributed by atoms with E-state index in [-0.39, 0.29) is 18.8 Å². The van der Waals surface area contributed by atoms with Crippen molar-refractivity contribution in [2.45, 2.75) is 39.3 Å². The minimum atomic E-state index is -0.751. The van der Waals surface area contributed by atoms with Crippen LogP contribution in [-0.4, -0.2) is 23.1 Å². The Bertz CT molecular complexity index is 1110. The number of rotatable bonds is 9. The van der Waals surface area contributed by atoms with Crippen LogP contribution in [0.1, 0.15) is 53.2 Å². The number of aromatic nitrogens is 1. The molecule has 6 heteroatoms. The third-order valence-corrected chi connectivity index (χ3v) is 5.16. The van der Waals surface area contributed by atoms with E-state index < -0.39 is 23.4 Å². The number of carbonyl (C=O) groups excluding carboxylic acids is 2. The van der Waals surface area contributed by atoms with Crippen molar-refractivity contribution in [3.05, 3.63) is 106 Å². The van der Waals surface area contributed by atoms with Gasteiger partial charge in [0.2, 0.25) is 0 Å². The molecule has 2 aromatic carbocycles. The Morgan fingerprint density at radius 2 is 1.50 bits per heavy atom. The van der Waals surface area contributed by atoms with Crippen molar-refractivity contribution >= 4 is 11.9 Å². The molecule has 0 amide bonds. The standard InChI is InChI=1S/C26H27NO5/c1-3-21(25(29)31-4-2)22-15-16-27(17-19-11-7-5-8-12-19)24(28)23(22)26(30)32-18-20-13-9-6-10-14-20/h5-16,21H,3-4,17-18H2,1-2H3. The molecule has 3 aromatic rings. The molecule has 0 aliphatic heterocycles. The number of carbonyl (C=O) groups is 2. The predicted molar refractivity (Wildman–Crippen MR) is 121 cm³/mol. The normalized spacial score (nSPS) is 11.6. The van der Waals surface area contributed by atoms with E-state index in [4.69, 9.17) is 9.47 Å². The molecule has 0 saturated heterocycles. The monoisotopic (exact) mass is 433 g/mol. The van der Waals surface area contributed by atoms with Gasteiger partial charge in [0.05, 0.1) is 19.1 Å². The van der Waals surface area contributed by atoms with E-state index in [2.05, 4.69) is 0 Å². The summed E-state index contributed by atoms with van der Waals surface area (Å²) in [6, 6.07) is 20.4. The third-order valence-electron chi connectivity index (χ3n) is 5.16. The number of hydrogen-bond donors (Lipinski definition) is 0. The summed E-state index contributed by atoms with van der Waals surface area (Å²) in [5, 5.41) is 0. The average molecular weight is 434 g/mol. The maximum absolute atomic E-state index is 13.4. The first kappa shape index (κ1) is 23.0. The molecule has 0 aliphatic rings. The van der Waals surface area contributed by atoms with Crippen molar-refractivity contribution in [2.24, 2.45) is 0 Å². The summed E-state index contributed by atoms with van der Waals surface area (Å²) in [7, 11) is 0. The number of benzene rings is 2. The van der Waals surface area contributed by atoms with E-state index in [9.17, 15) is 14.4 Å². The molecule has 3 rings (SSSR count). The van der Waals surface area contributed by atoms with Gasteiger partial charge in [0.15, 0.2) is 0 Å². The van der Waals surface area contributed by atoms with Crippen LogP contribution >= 0.6 is 0 Å². The lowest BCUT2D eigenvalue weighted by molar-refractivity contribution is -0.145. The third kappa shape index (κ3) is 5.52. The van der Waals surface area contributed by atoms with E-state index in [1.807, 2.05) is 67.6 Å². The Labute approximate surface area is 187 Å². The Balaban J connectivity index is 2.00. The molecular formula is C26H27NO5. The van der Waals surface area contributed by atoms with Crippen molar-refractivity contribution in [3.8, 4) is 0 Å². The fraction of sp³-hybridized carbons (Fsp3) is 0.269. The largest absolute Gasteiger partial charge is 0.466 e. The molecule has 0 radical (unpaired) electrons. The van der Waals surface area contributed by atoms with Crippen LogP contribution in [0.2, 0.25) is 0 Å². The molecule has 0 aliphatic carbocycles. The highest BCUT2D eigenvalue weighted by molar-refractivity contribution is 5.93. The lowest BCUT2D eigenvalue weighted by Crippen LogP contribution is -2.31. The highest BCUT2D eigenvalue weighted by atomic mass is 16.5. The zero-order chi connectivity index (χ0) is 22.9. The van der Waals surface area contributed by atoms with Gasteiger partial charge in [0.25, 0.3) is 5.56 Å². The first-order valence-corrected chi connectivity index (χ1v) is 10.7. The molecule has 1 heterocycles. The number of pyridine rings is 1. The second-order valence-corrected chi connectivity index (χ2v) is 7.34. The molecule has 1 unspecified atom stereocenters. The van der Waals surface area contributed by atoms with Gasteiger partial charge in [-0.25, -0.2) is 4.79 Å². The van der Waals surface area contributed by atoms with Gasteiger partial charge in [-0.2, -0.15) is 0 Å². The van der Waals surface area contributed by atoms with Gasteiger partial charge in [0.1, 0.15) is 12.2 Å². The minimum absolute atomic E-state index is 0.0301. The highest BCUT2D eigenvalue weighted by Crippen LogP contribution is 2.24. The van der Waals surface area contributed by atoms with Gasteiger partial charge < -0.3 is 14.0 Å².